The van der Waals surface area contributed by atoms with Crippen molar-refractivity contribution in [2.24, 2.45) is 0 Å². The fraction of sp³-hybridized carbons (Fsp3) is 0.294. The first-order valence-electron chi connectivity index (χ1n) is 7.77. The molecule has 2 heterocycles. The van der Waals surface area contributed by atoms with Gasteiger partial charge in [-0.15, -0.1) is 0 Å². The van der Waals surface area contributed by atoms with Crippen LogP contribution in [0.4, 0.5) is 0 Å². The molecule has 1 aromatic heterocycles. The molecule has 1 aliphatic rings. The van der Waals surface area contributed by atoms with Gasteiger partial charge in [-0.05, 0) is 25.1 Å². The zero-order chi connectivity index (χ0) is 18.0. The molecule has 1 aliphatic heterocycles. The number of hydrogen-bond donors (Lipinski definition) is 0. The minimum atomic E-state index is -0.176. The summed E-state index contributed by atoms with van der Waals surface area (Å²) in [6.45, 7) is 3.57. The Balaban J connectivity index is 1.64. The number of carbonyl (C=O) groups excluding carboxylic acids is 2. The van der Waals surface area contributed by atoms with Crippen LogP contribution in [0, 0.1) is 6.92 Å². The van der Waals surface area contributed by atoms with E-state index in [4.69, 9.17) is 23.2 Å². The van der Waals surface area contributed by atoms with Gasteiger partial charge in [-0.2, -0.15) is 0 Å². The highest BCUT2D eigenvalue weighted by atomic mass is 35.5. The molecule has 1 saturated heterocycles. The third-order valence-corrected chi connectivity index (χ3v) is 4.40. The number of hydrogen-bond acceptors (Lipinski definition) is 4. The number of amides is 2. The molecule has 0 saturated carbocycles. The van der Waals surface area contributed by atoms with E-state index in [-0.39, 0.29) is 11.8 Å². The van der Waals surface area contributed by atoms with E-state index in [1.165, 1.54) is 6.20 Å². The van der Waals surface area contributed by atoms with Crippen LogP contribution in [-0.4, -0.2) is 57.8 Å². The van der Waals surface area contributed by atoms with Crippen LogP contribution >= 0.6 is 23.2 Å². The van der Waals surface area contributed by atoms with Gasteiger partial charge in [0.25, 0.3) is 11.8 Å². The van der Waals surface area contributed by atoms with Crippen molar-refractivity contribution in [3.8, 4) is 0 Å². The van der Waals surface area contributed by atoms with Gasteiger partial charge in [0.1, 0.15) is 5.69 Å². The van der Waals surface area contributed by atoms with E-state index < -0.39 is 0 Å². The summed E-state index contributed by atoms with van der Waals surface area (Å²) < 4.78 is 0. The second kappa shape index (κ2) is 7.37. The third kappa shape index (κ3) is 4.08. The molecule has 25 heavy (non-hydrogen) atoms. The number of aromatic nitrogens is 2. The lowest BCUT2D eigenvalue weighted by molar-refractivity contribution is 0.0532. The van der Waals surface area contributed by atoms with E-state index in [9.17, 15) is 9.59 Å². The molecule has 0 radical (unpaired) electrons. The minimum Gasteiger partial charge on any atom is -0.335 e. The van der Waals surface area contributed by atoms with Crippen molar-refractivity contribution < 1.29 is 9.59 Å². The van der Waals surface area contributed by atoms with Gasteiger partial charge in [0, 0.05) is 48.0 Å². The fourth-order valence-electron chi connectivity index (χ4n) is 2.64. The van der Waals surface area contributed by atoms with Crippen LogP contribution in [0.1, 0.15) is 26.5 Å². The minimum absolute atomic E-state index is 0.147. The maximum Gasteiger partial charge on any atom is 0.274 e. The normalized spacial score (nSPS) is 14.5. The van der Waals surface area contributed by atoms with Crippen molar-refractivity contribution in [2.45, 2.75) is 6.92 Å². The van der Waals surface area contributed by atoms with Crippen molar-refractivity contribution >= 4 is 35.0 Å². The van der Waals surface area contributed by atoms with Gasteiger partial charge < -0.3 is 9.80 Å². The lowest BCUT2D eigenvalue weighted by Crippen LogP contribution is -2.50. The molecule has 6 nitrogen and oxygen atoms in total. The first-order chi connectivity index (χ1) is 11.9. The first kappa shape index (κ1) is 17.6. The smallest absolute Gasteiger partial charge is 0.274 e. The lowest BCUT2D eigenvalue weighted by atomic mass is 10.1. The maximum atomic E-state index is 12.6. The van der Waals surface area contributed by atoms with Crippen molar-refractivity contribution in [3.05, 3.63) is 57.6 Å². The number of aryl methyl sites for hydroxylation is 1. The Hall–Kier alpha value is -2.18. The molecule has 0 atom stereocenters. The number of benzene rings is 1. The van der Waals surface area contributed by atoms with Crippen molar-refractivity contribution in [1.82, 2.24) is 19.8 Å². The summed E-state index contributed by atoms with van der Waals surface area (Å²) in [6, 6.07) is 4.77. The van der Waals surface area contributed by atoms with Crippen LogP contribution in [0.5, 0.6) is 0 Å². The average Bonchev–Trinajstić information content (AvgIpc) is 2.60. The van der Waals surface area contributed by atoms with Gasteiger partial charge in [-0.25, -0.2) is 4.98 Å². The summed E-state index contributed by atoms with van der Waals surface area (Å²) in [5.74, 6) is -0.322. The predicted molar refractivity (Wildman–Crippen MR) is 95.0 cm³/mol. The summed E-state index contributed by atoms with van der Waals surface area (Å²) in [7, 11) is 0. The molecule has 0 N–H and O–H groups in total. The van der Waals surface area contributed by atoms with Crippen molar-refractivity contribution in [2.75, 3.05) is 26.2 Å². The zero-order valence-corrected chi connectivity index (χ0v) is 15.1. The SMILES string of the molecule is Cc1cnc(C(=O)N2CCN(C(=O)c3cc(Cl)cc(Cl)c3)CC2)cn1. The molecular formula is C17H16Cl2N4O2. The summed E-state index contributed by atoms with van der Waals surface area (Å²) in [5.41, 5.74) is 1.51. The zero-order valence-electron chi connectivity index (χ0n) is 13.6. The average molecular weight is 379 g/mol. The molecular weight excluding hydrogens is 363 g/mol. The van der Waals surface area contributed by atoms with Crippen LogP contribution in [0.3, 0.4) is 0 Å². The van der Waals surface area contributed by atoms with Crippen LogP contribution in [0.2, 0.25) is 10.0 Å². The van der Waals surface area contributed by atoms with Crippen LogP contribution in [0.25, 0.3) is 0 Å². The summed E-state index contributed by atoms with van der Waals surface area (Å²) in [4.78, 5) is 36.6. The largest absolute Gasteiger partial charge is 0.335 e. The van der Waals surface area contributed by atoms with Crippen molar-refractivity contribution in [3.63, 3.8) is 0 Å². The van der Waals surface area contributed by atoms with E-state index in [0.717, 1.165) is 5.69 Å². The summed E-state index contributed by atoms with van der Waals surface area (Å²) >= 11 is 11.9. The van der Waals surface area contributed by atoms with Gasteiger partial charge in [-0.1, -0.05) is 23.2 Å². The Morgan fingerprint density at radius 2 is 1.44 bits per heavy atom. The van der Waals surface area contributed by atoms with Crippen molar-refractivity contribution in [1.29, 1.82) is 0 Å². The molecule has 1 fully saturated rings. The highest BCUT2D eigenvalue weighted by molar-refractivity contribution is 6.35. The number of piperazine rings is 1. The molecule has 2 amide bonds. The molecule has 130 valence electrons. The Kier molecular flexibility index (Phi) is 5.20. The highest BCUT2D eigenvalue weighted by Gasteiger charge is 2.26. The van der Waals surface area contributed by atoms with Crippen LogP contribution in [-0.2, 0) is 0 Å². The van der Waals surface area contributed by atoms with E-state index in [1.54, 1.807) is 34.2 Å². The standard InChI is InChI=1S/C17H16Cl2N4O2/c1-11-9-21-15(10-20-11)17(25)23-4-2-22(3-5-23)16(24)12-6-13(18)8-14(19)7-12/h6-10H,2-5H2,1H3. The van der Waals surface area contributed by atoms with Gasteiger partial charge in [0.15, 0.2) is 0 Å². The number of halogens is 2. The van der Waals surface area contributed by atoms with E-state index >= 15 is 0 Å². The molecule has 3 rings (SSSR count). The number of carbonyl (C=O) groups is 2. The van der Waals surface area contributed by atoms with Gasteiger partial charge in [-0.3, -0.25) is 14.6 Å². The quantitative estimate of drug-likeness (QED) is 0.805. The van der Waals surface area contributed by atoms with Gasteiger partial charge in [0.2, 0.25) is 0 Å². The molecule has 2 aromatic rings. The number of nitrogens with zero attached hydrogens (tertiary/aromatic N) is 4. The van der Waals surface area contributed by atoms with Crippen LogP contribution < -0.4 is 0 Å². The molecule has 0 bridgehead atoms. The lowest BCUT2D eigenvalue weighted by Gasteiger charge is -2.34. The topological polar surface area (TPSA) is 66.4 Å². The molecule has 0 spiro atoms. The Morgan fingerprint density at radius 1 is 0.880 bits per heavy atom. The highest BCUT2D eigenvalue weighted by Crippen LogP contribution is 2.21. The summed E-state index contributed by atoms with van der Waals surface area (Å²) in [5, 5.41) is 0.838. The second-order valence-electron chi connectivity index (χ2n) is 5.79. The fourth-order valence-corrected chi connectivity index (χ4v) is 3.16. The Bertz CT molecular complexity index is 783. The predicted octanol–water partition coefficient (Wildman–Crippen LogP) is 2.69. The van der Waals surface area contributed by atoms with E-state index in [1.807, 2.05) is 6.92 Å². The van der Waals surface area contributed by atoms with Gasteiger partial charge in [0.05, 0.1) is 11.9 Å². The second-order valence-corrected chi connectivity index (χ2v) is 6.66. The summed E-state index contributed by atoms with van der Waals surface area (Å²) in [6.07, 6.45) is 3.04. The Morgan fingerprint density at radius 3 is 1.96 bits per heavy atom. The Labute approximate surface area is 155 Å². The van der Waals surface area contributed by atoms with Gasteiger partial charge >= 0.3 is 0 Å². The maximum absolute atomic E-state index is 12.6. The third-order valence-electron chi connectivity index (χ3n) is 3.96. The molecule has 8 heteroatoms. The molecule has 0 unspecified atom stereocenters. The van der Waals surface area contributed by atoms with E-state index in [0.29, 0.717) is 47.5 Å². The number of rotatable bonds is 2. The van der Waals surface area contributed by atoms with E-state index in [2.05, 4.69) is 9.97 Å². The molecule has 1 aromatic carbocycles. The monoisotopic (exact) mass is 378 g/mol. The van der Waals surface area contributed by atoms with Crippen LogP contribution in [0.15, 0.2) is 30.6 Å². The molecule has 0 aliphatic carbocycles. The first-order valence-corrected chi connectivity index (χ1v) is 8.53.